The van der Waals surface area contributed by atoms with E-state index in [1.54, 1.807) is 6.07 Å². The van der Waals surface area contributed by atoms with Gasteiger partial charge in [0, 0.05) is 13.1 Å². The Morgan fingerprint density at radius 1 is 1.18 bits per heavy atom. The zero-order chi connectivity index (χ0) is 24.2. The Morgan fingerprint density at radius 3 is 2.52 bits per heavy atom. The third kappa shape index (κ3) is 6.41. The van der Waals surface area contributed by atoms with E-state index >= 15 is 0 Å². The molecule has 1 amide bonds. The molecular weight excluding hydrogens is 464 g/mol. The minimum Gasteiger partial charge on any atom is -0.465 e. The number of hydrogen-bond donors (Lipinski definition) is 4. The van der Waals surface area contributed by atoms with Crippen LogP contribution in [0.4, 0.5) is 9.93 Å². The van der Waals surface area contributed by atoms with Crippen LogP contribution in [0.15, 0.2) is 53.4 Å². The number of aliphatic hydroxyl groups is 1. The first-order chi connectivity index (χ1) is 15.6. The van der Waals surface area contributed by atoms with Crippen molar-refractivity contribution in [2.75, 3.05) is 18.8 Å². The fraction of sp³-hybridized carbons (Fsp3) is 0.364. The van der Waals surface area contributed by atoms with E-state index < -0.39 is 28.3 Å². The Bertz CT molecular complexity index is 1200. The number of fused-ring (bicyclic) bond motifs is 1. The summed E-state index contributed by atoms with van der Waals surface area (Å²) in [6.07, 6.45) is -2.34. The first-order valence-corrected chi connectivity index (χ1v) is 12.7. The Labute approximate surface area is 196 Å². The highest BCUT2D eigenvalue weighted by Gasteiger charge is 2.31. The van der Waals surface area contributed by atoms with Crippen LogP contribution >= 0.6 is 11.3 Å². The van der Waals surface area contributed by atoms with E-state index in [0.717, 1.165) is 5.56 Å². The number of amides is 1. The number of carboxylic acid groups (broad SMARTS) is 1. The lowest BCUT2D eigenvalue weighted by Gasteiger charge is -2.30. The number of aromatic nitrogens is 1. The summed E-state index contributed by atoms with van der Waals surface area (Å²) in [6.45, 7) is 3.65. The average molecular weight is 493 g/mol. The molecule has 0 aliphatic rings. The molecule has 2 aromatic carbocycles. The van der Waals surface area contributed by atoms with Crippen LogP contribution in [0.2, 0.25) is 0 Å². The SMILES string of the molecule is CC(C)CN(C[C@H](O)[C@H](Cc1ccccc1)NC(=O)O)S(=O)(=O)c1ccc2nc(N)sc2c1. The van der Waals surface area contributed by atoms with Gasteiger partial charge in [-0.05, 0) is 36.1 Å². The Hall–Kier alpha value is -2.73. The van der Waals surface area contributed by atoms with Gasteiger partial charge in [-0.2, -0.15) is 4.31 Å². The zero-order valence-corrected chi connectivity index (χ0v) is 20.0. The molecular formula is C22H28N4O5S2. The summed E-state index contributed by atoms with van der Waals surface area (Å²) >= 11 is 1.19. The molecule has 9 nitrogen and oxygen atoms in total. The summed E-state index contributed by atoms with van der Waals surface area (Å²) in [5, 5.41) is 22.9. The summed E-state index contributed by atoms with van der Waals surface area (Å²) in [4.78, 5) is 15.6. The number of sulfonamides is 1. The van der Waals surface area contributed by atoms with Crippen molar-refractivity contribution in [1.29, 1.82) is 0 Å². The molecule has 3 aromatic rings. The van der Waals surface area contributed by atoms with Crippen LogP contribution in [0.3, 0.4) is 0 Å². The molecule has 2 atom stereocenters. The lowest BCUT2D eigenvalue weighted by atomic mass is 10.0. The number of hydrogen-bond acceptors (Lipinski definition) is 7. The van der Waals surface area contributed by atoms with Crippen LogP contribution in [0.25, 0.3) is 10.2 Å². The lowest BCUT2D eigenvalue weighted by molar-refractivity contribution is 0.0980. The van der Waals surface area contributed by atoms with Gasteiger partial charge in [0.15, 0.2) is 5.13 Å². The first kappa shape index (κ1) is 24.9. The Kier molecular flexibility index (Phi) is 7.90. The molecule has 0 bridgehead atoms. The molecule has 3 rings (SSSR count). The fourth-order valence-electron chi connectivity index (χ4n) is 3.56. The highest BCUT2D eigenvalue weighted by molar-refractivity contribution is 7.89. The number of nitrogens with two attached hydrogens (primary N) is 1. The van der Waals surface area contributed by atoms with Crippen LogP contribution in [-0.2, 0) is 16.4 Å². The summed E-state index contributed by atoms with van der Waals surface area (Å²) in [7, 11) is -3.97. The van der Waals surface area contributed by atoms with Crippen molar-refractivity contribution in [3.63, 3.8) is 0 Å². The van der Waals surface area contributed by atoms with Crippen molar-refractivity contribution in [2.24, 2.45) is 5.92 Å². The molecule has 0 saturated carbocycles. The van der Waals surface area contributed by atoms with E-state index in [4.69, 9.17) is 5.73 Å². The number of thiazole rings is 1. The third-order valence-electron chi connectivity index (χ3n) is 5.05. The number of anilines is 1. The van der Waals surface area contributed by atoms with Gasteiger partial charge in [-0.25, -0.2) is 18.2 Å². The molecule has 0 radical (unpaired) electrons. The zero-order valence-electron chi connectivity index (χ0n) is 18.4. The van der Waals surface area contributed by atoms with Gasteiger partial charge in [-0.3, -0.25) is 0 Å². The minimum atomic E-state index is -3.97. The first-order valence-electron chi connectivity index (χ1n) is 10.4. The molecule has 0 fully saturated rings. The molecule has 33 heavy (non-hydrogen) atoms. The van der Waals surface area contributed by atoms with E-state index in [1.807, 2.05) is 44.2 Å². The van der Waals surface area contributed by atoms with Crippen molar-refractivity contribution in [3.8, 4) is 0 Å². The van der Waals surface area contributed by atoms with Crippen LogP contribution < -0.4 is 11.1 Å². The predicted molar refractivity (Wildman–Crippen MR) is 129 cm³/mol. The van der Waals surface area contributed by atoms with Crippen molar-refractivity contribution >= 4 is 42.8 Å². The van der Waals surface area contributed by atoms with Gasteiger partial charge in [0.05, 0.1) is 27.3 Å². The second kappa shape index (κ2) is 10.5. The normalized spacial score (nSPS) is 14.0. The summed E-state index contributed by atoms with van der Waals surface area (Å²) in [5.41, 5.74) is 7.17. The maximum atomic E-state index is 13.5. The van der Waals surface area contributed by atoms with Crippen molar-refractivity contribution in [2.45, 2.75) is 37.3 Å². The molecule has 0 unspecified atom stereocenters. The molecule has 1 heterocycles. The van der Waals surface area contributed by atoms with Crippen molar-refractivity contribution in [3.05, 3.63) is 54.1 Å². The fourth-order valence-corrected chi connectivity index (χ4v) is 6.05. The van der Waals surface area contributed by atoms with Gasteiger partial charge in [0.25, 0.3) is 0 Å². The number of nitrogens with zero attached hydrogens (tertiary/aromatic N) is 2. The average Bonchev–Trinajstić information content (AvgIpc) is 3.12. The summed E-state index contributed by atoms with van der Waals surface area (Å²) in [6, 6.07) is 12.8. The van der Waals surface area contributed by atoms with Crippen molar-refractivity contribution in [1.82, 2.24) is 14.6 Å². The second-order valence-electron chi connectivity index (χ2n) is 8.21. The van der Waals surface area contributed by atoms with Crippen LogP contribution in [-0.4, -0.2) is 59.2 Å². The van der Waals surface area contributed by atoms with Gasteiger partial charge in [-0.15, -0.1) is 0 Å². The molecule has 178 valence electrons. The topological polar surface area (TPSA) is 146 Å². The summed E-state index contributed by atoms with van der Waals surface area (Å²) in [5.74, 6) is -0.0187. The molecule has 0 aliphatic heterocycles. The standard InChI is InChI=1S/C22H28N4O5S2/c1-14(2)12-26(33(30,31)16-8-9-17-20(11-16)32-21(23)24-17)13-19(27)18(25-22(28)29)10-15-6-4-3-5-7-15/h3-9,11,14,18-19,25,27H,10,12-13H2,1-2H3,(H2,23,24)(H,28,29)/t18-,19-/m0/s1. The molecule has 1 aromatic heterocycles. The highest BCUT2D eigenvalue weighted by Crippen LogP contribution is 2.28. The number of nitrogens with one attached hydrogen (secondary N) is 1. The van der Waals surface area contributed by atoms with Gasteiger partial charge in [0.2, 0.25) is 10.0 Å². The summed E-state index contributed by atoms with van der Waals surface area (Å²) < 4.78 is 28.8. The monoisotopic (exact) mass is 492 g/mol. The van der Waals surface area contributed by atoms with E-state index in [0.29, 0.717) is 15.3 Å². The van der Waals surface area contributed by atoms with Crippen LogP contribution in [0, 0.1) is 5.92 Å². The van der Waals surface area contributed by atoms with E-state index in [9.17, 15) is 23.4 Å². The number of benzene rings is 2. The quantitative estimate of drug-likeness (QED) is 0.340. The number of aliphatic hydroxyl groups excluding tert-OH is 1. The van der Waals surface area contributed by atoms with Gasteiger partial charge < -0.3 is 21.3 Å². The lowest BCUT2D eigenvalue weighted by Crippen LogP contribution is -2.50. The van der Waals surface area contributed by atoms with Gasteiger partial charge >= 0.3 is 6.09 Å². The molecule has 0 aliphatic carbocycles. The molecule has 0 saturated heterocycles. The smallest absolute Gasteiger partial charge is 0.404 e. The highest BCUT2D eigenvalue weighted by atomic mass is 32.2. The van der Waals surface area contributed by atoms with E-state index in [-0.39, 0.29) is 30.3 Å². The molecule has 5 N–H and O–H groups in total. The minimum absolute atomic E-state index is 0.0187. The third-order valence-corrected chi connectivity index (χ3v) is 7.72. The second-order valence-corrected chi connectivity index (χ2v) is 11.2. The number of carbonyl (C=O) groups is 1. The number of rotatable bonds is 10. The van der Waals surface area contributed by atoms with Gasteiger partial charge in [-0.1, -0.05) is 55.5 Å². The van der Waals surface area contributed by atoms with Crippen LogP contribution in [0.5, 0.6) is 0 Å². The van der Waals surface area contributed by atoms with E-state index in [1.165, 1.54) is 27.8 Å². The Morgan fingerprint density at radius 2 is 1.88 bits per heavy atom. The van der Waals surface area contributed by atoms with E-state index in [2.05, 4.69) is 10.3 Å². The van der Waals surface area contributed by atoms with Gasteiger partial charge in [0.1, 0.15) is 0 Å². The predicted octanol–water partition coefficient (Wildman–Crippen LogP) is 2.76. The van der Waals surface area contributed by atoms with Crippen molar-refractivity contribution < 1.29 is 23.4 Å². The largest absolute Gasteiger partial charge is 0.465 e. The molecule has 0 spiro atoms. The number of nitrogen functional groups attached to an aromatic ring is 1. The Balaban J connectivity index is 1.88. The maximum absolute atomic E-state index is 13.5. The molecule has 11 heteroatoms. The maximum Gasteiger partial charge on any atom is 0.404 e. The van der Waals surface area contributed by atoms with Crippen LogP contribution in [0.1, 0.15) is 19.4 Å².